The molecule has 4 heteroatoms. The largest absolute Gasteiger partial charge is 0.484 e. The van der Waals surface area contributed by atoms with Gasteiger partial charge in [-0.05, 0) is 92.9 Å². The molecule has 1 atom stereocenters. The third kappa shape index (κ3) is 3.15. The number of carbonyl (C=O) groups is 1. The van der Waals surface area contributed by atoms with Crippen molar-refractivity contribution in [3.63, 3.8) is 0 Å². The molecule has 4 fully saturated rings. The van der Waals surface area contributed by atoms with Gasteiger partial charge in [-0.2, -0.15) is 0 Å². The quantitative estimate of drug-likeness (QED) is 0.855. The molecule has 0 aromatic heterocycles. The van der Waals surface area contributed by atoms with Crippen molar-refractivity contribution < 1.29 is 9.53 Å². The fourth-order valence-corrected chi connectivity index (χ4v) is 5.95. The number of rotatable bonds is 5. The number of amides is 1. The maximum atomic E-state index is 12.3. The van der Waals surface area contributed by atoms with E-state index in [1.807, 2.05) is 0 Å². The van der Waals surface area contributed by atoms with Crippen molar-refractivity contribution in [3.8, 4) is 5.75 Å². The van der Waals surface area contributed by atoms with E-state index in [1.165, 1.54) is 38.5 Å². The van der Waals surface area contributed by atoms with Crippen LogP contribution in [0.25, 0.3) is 0 Å². The van der Waals surface area contributed by atoms with Gasteiger partial charge < -0.3 is 10.1 Å². The minimum Gasteiger partial charge on any atom is -0.484 e. The van der Waals surface area contributed by atoms with Gasteiger partial charge in [0.25, 0.3) is 5.91 Å². The lowest BCUT2D eigenvalue weighted by Gasteiger charge is -2.59. The van der Waals surface area contributed by atoms with Crippen molar-refractivity contribution in [3.05, 3.63) is 29.3 Å². The molecule has 0 radical (unpaired) electrons. The van der Waals surface area contributed by atoms with Crippen LogP contribution in [-0.2, 0) is 4.79 Å². The maximum Gasteiger partial charge on any atom is 0.258 e. The minimum absolute atomic E-state index is 0.0202. The molecular weight excluding hydrogens is 322 g/mol. The third-order valence-corrected chi connectivity index (χ3v) is 6.82. The summed E-state index contributed by atoms with van der Waals surface area (Å²) in [4.78, 5) is 12.3. The average Bonchev–Trinajstić information content (AvgIpc) is 2.53. The zero-order valence-corrected chi connectivity index (χ0v) is 15.0. The van der Waals surface area contributed by atoms with Crippen LogP contribution >= 0.6 is 11.6 Å². The van der Waals surface area contributed by atoms with E-state index < -0.39 is 0 Å². The molecule has 5 rings (SSSR count). The van der Waals surface area contributed by atoms with Gasteiger partial charge in [-0.25, -0.2) is 0 Å². The van der Waals surface area contributed by atoms with Crippen LogP contribution < -0.4 is 10.1 Å². The Labute approximate surface area is 149 Å². The molecule has 4 bridgehead atoms. The molecule has 4 saturated carbocycles. The number of benzene rings is 1. The molecular formula is C20H26ClNO2. The Morgan fingerprint density at radius 1 is 1.17 bits per heavy atom. The summed E-state index contributed by atoms with van der Waals surface area (Å²) in [6.45, 7) is 2.27. The minimum atomic E-state index is -0.0202. The predicted molar refractivity (Wildman–Crippen MR) is 95.2 cm³/mol. The smallest absolute Gasteiger partial charge is 0.258 e. The number of nitrogens with one attached hydrogen (secondary N) is 1. The van der Waals surface area contributed by atoms with Gasteiger partial charge in [0.05, 0.1) is 0 Å². The first-order valence-electron chi connectivity index (χ1n) is 9.20. The van der Waals surface area contributed by atoms with E-state index in [2.05, 4.69) is 12.2 Å². The molecule has 0 saturated heterocycles. The molecule has 0 heterocycles. The fourth-order valence-electron chi connectivity index (χ4n) is 5.82. The van der Waals surface area contributed by atoms with E-state index >= 15 is 0 Å². The van der Waals surface area contributed by atoms with Gasteiger partial charge in [0.15, 0.2) is 6.61 Å². The molecule has 1 amide bonds. The Kier molecular flexibility index (Phi) is 4.24. The van der Waals surface area contributed by atoms with Crippen LogP contribution in [-0.4, -0.2) is 18.6 Å². The highest BCUT2D eigenvalue weighted by Gasteiger charge is 2.53. The Morgan fingerprint density at radius 3 is 2.25 bits per heavy atom. The second-order valence-electron chi connectivity index (χ2n) is 8.31. The van der Waals surface area contributed by atoms with Crippen molar-refractivity contribution in [2.24, 2.45) is 23.2 Å². The van der Waals surface area contributed by atoms with E-state index in [0.717, 1.165) is 17.8 Å². The molecule has 0 aliphatic heterocycles. The lowest BCUT2D eigenvalue weighted by Crippen LogP contribution is -2.56. The van der Waals surface area contributed by atoms with Gasteiger partial charge in [0.2, 0.25) is 0 Å². The van der Waals surface area contributed by atoms with Crippen molar-refractivity contribution in [2.45, 2.75) is 51.5 Å². The summed E-state index contributed by atoms with van der Waals surface area (Å²) < 4.78 is 5.57. The van der Waals surface area contributed by atoms with Crippen LogP contribution in [0.5, 0.6) is 5.75 Å². The Hall–Kier alpha value is -1.22. The molecule has 0 spiro atoms. The highest BCUT2D eigenvalue weighted by molar-refractivity contribution is 6.30. The van der Waals surface area contributed by atoms with Crippen LogP contribution in [0.15, 0.2) is 24.3 Å². The van der Waals surface area contributed by atoms with E-state index in [1.54, 1.807) is 24.3 Å². The summed E-state index contributed by atoms with van der Waals surface area (Å²) in [7, 11) is 0. The van der Waals surface area contributed by atoms with Crippen molar-refractivity contribution in [2.75, 3.05) is 6.61 Å². The van der Waals surface area contributed by atoms with Gasteiger partial charge in [-0.15, -0.1) is 0 Å². The highest BCUT2D eigenvalue weighted by atomic mass is 35.5. The topological polar surface area (TPSA) is 38.3 Å². The first kappa shape index (κ1) is 16.3. The normalized spacial score (nSPS) is 34.8. The average molecular weight is 348 g/mol. The molecule has 1 aromatic carbocycles. The van der Waals surface area contributed by atoms with Crippen LogP contribution in [0.4, 0.5) is 0 Å². The summed E-state index contributed by atoms with van der Waals surface area (Å²) in [5.41, 5.74) is 0.338. The van der Waals surface area contributed by atoms with Gasteiger partial charge >= 0.3 is 0 Å². The molecule has 1 N–H and O–H groups in total. The Morgan fingerprint density at radius 2 is 1.71 bits per heavy atom. The summed E-state index contributed by atoms with van der Waals surface area (Å²) in [5, 5.41) is 3.90. The van der Waals surface area contributed by atoms with Crippen LogP contribution in [0, 0.1) is 23.2 Å². The summed E-state index contributed by atoms with van der Waals surface area (Å²) in [6, 6.07) is 7.36. The van der Waals surface area contributed by atoms with E-state index in [4.69, 9.17) is 16.3 Å². The SMILES string of the molecule is C[C@@H](NC(=O)COc1ccc(Cl)cc1)C12CC3CC(CC(C3)C1)C2. The van der Waals surface area contributed by atoms with Crippen LogP contribution in [0.3, 0.4) is 0 Å². The number of hydrogen-bond donors (Lipinski definition) is 1. The van der Waals surface area contributed by atoms with Crippen molar-refractivity contribution >= 4 is 17.5 Å². The molecule has 130 valence electrons. The highest BCUT2D eigenvalue weighted by Crippen LogP contribution is 2.61. The zero-order chi connectivity index (χ0) is 16.7. The monoisotopic (exact) mass is 347 g/mol. The van der Waals surface area contributed by atoms with Crippen molar-refractivity contribution in [1.82, 2.24) is 5.32 Å². The van der Waals surface area contributed by atoms with Gasteiger partial charge in [-0.3, -0.25) is 4.79 Å². The summed E-state index contributed by atoms with van der Waals surface area (Å²) in [6.07, 6.45) is 8.20. The van der Waals surface area contributed by atoms with Crippen LogP contribution in [0.1, 0.15) is 45.4 Å². The standard InChI is InChI=1S/C20H26ClNO2/c1-13(20-9-14-6-15(10-20)8-16(7-14)11-20)22-19(23)12-24-18-4-2-17(21)3-5-18/h2-5,13-16H,6-12H2,1H3,(H,22,23)/t13-,14?,15?,16?,20?/m1/s1. The number of halogens is 1. The molecule has 3 nitrogen and oxygen atoms in total. The Bertz CT molecular complexity index is 577. The van der Waals surface area contributed by atoms with E-state index in [9.17, 15) is 4.79 Å². The van der Waals surface area contributed by atoms with Crippen molar-refractivity contribution in [1.29, 1.82) is 0 Å². The number of carbonyl (C=O) groups excluding carboxylic acids is 1. The van der Waals surface area contributed by atoms with Gasteiger partial charge in [0.1, 0.15) is 5.75 Å². The summed E-state index contributed by atoms with van der Waals surface area (Å²) >= 11 is 5.86. The van der Waals surface area contributed by atoms with E-state index in [0.29, 0.717) is 16.2 Å². The lowest BCUT2D eigenvalue weighted by molar-refractivity contribution is -0.127. The van der Waals surface area contributed by atoms with Gasteiger partial charge in [0, 0.05) is 11.1 Å². The Balaban J connectivity index is 1.33. The summed E-state index contributed by atoms with van der Waals surface area (Å²) in [5.74, 6) is 3.37. The molecule has 4 aliphatic rings. The predicted octanol–water partition coefficient (Wildman–Crippen LogP) is 4.44. The molecule has 4 aliphatic carbocycles. The second kappa shape index (κ2) is 6.25. The maximum absolute atomic E-state index is 12.3. The molecule has 1 aromatic rings. The van der Waals surface area contributed by atoms with E-state index in [-0.39, 0.29) is 18.6 Å². The third-order valence-electron chi connectivity index (χ3n) is 6.57. The first-order chi connectivity index (χ1) is 11.5. The first-order valence-corrected chi connectivity index (χ1v) is 9.58. The second-order valence-corrected chi connectivity index (χ2v) is 8.75. The lowest BCUT2D eigenvalue weighted by atomic mass is 9.48. The fraction of sp³-hybridized carbons (Fsp3) is 0.650. The van der Waals surface area contributed by atoms with Gasteiger partial charge in [-0.1, -0.05) is 11.6 Å². The molecule has 0 unspecified atom stereocenters. The zero-order valence-electron chi connectivity index (χ0n) is 14.3. The number of ether oxygens (including phenoxy) is 1. The van der Waals surface area contributed by atoms with Crippen LogP contribution in [0.2, 0.25) is 5.02 Å². The molecule has 24 heavy (non-hydrogen) atoms. The number of hydrogen-bond acceptors (Lipinski definition) is 2.